The molecule has 15 heteroatoms. The predicted molar refractivity (Wildman–Crippen MR) is 137 cm³/mol. The maximum atomic E-state index is 13.9. The first-order valence-electron chi connectivity index (χ1n) is 12.5. The average molecular weight is 563 g/mol. The fourth-order valence-corrected chi connectivity index (χ4v) is 5.26. The fourth-order valence-electron chi connectivity index (χ4n) is 4.42. The number of sulfonamides is 1. The van der Waals surface area contributed by atoms with E-state index in [9.17, 15) is 17.6 Å². The molecule has 1 fully saturated rings. The van der Waals surface area contributed by atoms with Gasteiger partial charge in [0.15, 0.2) is 11.6 Å². The van der Waals surface area contributed by atoms with Gasteiger partial charge in [0.25, 0.3) is 5.91 Å². The van der Waals surface area contributed by atoms with Gasteiger partial charge in [-0.2, -0.15) is 4.80 Å². The Balaban J connectivity index is 1.37. The van der Waals surface area contributed by atoms with Crippen LogP contribution in [0.1, 0.15) is 47.6 Å². The molecule has 3 N–H and O–H groups in total. The van der Waals surface area contributed by atoms with E-state index in [1.54, 1.807) is 6.92 Å². The third kappa shape index (κ3) is 8.21. The summed E-state index contributed by atoms with van der Waals surface area (Å²) in [6.07, 6.45) is 4.34. The number of amides is 1. The highest BCUT2D eigenvalue weighted by Gasteiger charge is 2.24. The smallest absolute Gasteiger partial charge is 0.270 e. The first-order valence-corrected chi connectivity index (χ1v) is 14.4. The number of carbonyl (C=O) groups excluding carboxylic acids is 1. The molecule has 0 atom stereocenters. The van der Waals surface area contributed by atoms with Crippen LogP contribution in [0.4, 0.5) is 4.39 Å². The number of aryl methyl sites for hydroxylation is 1. The highest BCUT2D eigenvalue weighted by atomic mass is 32.2. The minimum absolute atomic E-state index is 0.0104. The van der Waals surface area contributed by atoms with Crippen molar-refractivity contribution in [3.8, 4) is 17.3 Å². The Labute approximate surface area is 225 Å². The lowest BCUT2D eigenvalue weighted by molar-refractivity contribution is 0.0945. The average Bonchev–Trinajstić information content (AvgIpc) is 3.36. The Bertz CT molecular complexity index is 1410. The van der Waals surface area contributed by atoms with Gasteiger partial charge in [-0.05, 0) is 67.5 Å². The molecule has 1 aliphatic carbocycles. The van der Waals surface area contributed by atoms with E-state index < -0.39 is 21.7 Å². The summed E-state index contributed by atoms with van der Waals surface area (Å²) in [7, 11) is -3.22. The van der Waals surface area contributed by atoms with Gasteiger partial charge in [-0.3, -0.25) is 4.79 Å². The zero-order valence-electron chi connectivity index (χ0n) is 21.7. The first kappa shape index (κ1) is 28.4. The fraction of sp³-hybridized carbons (Fsp3) is 0.500. The number of aliphatic hydroxyl groups excluding tert-OH is 1. The molecule has 2 aromatic heterocycles. The molecule has 13 nitrogen and oxygen atoms in total. The summed E-state index contributed by atoms with van der Waals surface area (Å²) in [5.41, 5.74) is 1.07. The second-order valence-corrected chi connectivity index (χ2v) is 11.3. The van der Waals surface area contributed by atoms with Crippen LogP contribution in [0.5, 0.6) is 5.75 Å². The molecular weight excluding hydrogens is 531 g/mol. The molecule has 0 saturated heterocycles. The van der Waals surface area contributed by atoms with Crippen molar-refractivity contribution < 1.29 is 27.4 Å². The van der Waals surface area contributed by atoms with Gasteiger partial charge in [-0.25, -0.2) is 27.5 Å². The minimum atomic E-state index is -3.22. The molecule has 4 rings (SSSR count). The standard InChI is InChI=1S/C24H31FN8O5S/c1-15-27-20(23-29-32-33(30-23)14-16-3-6-18(7-4-16)31-39(2,36)37)12-21(28-15)24(35)26-13-17-5-8-19(25)22(11-17)38-10-9-34/h5,8,11-12,16,18,31,34H,3-4,6-7,9-10,13-14H2,1-2H3,(H,26,35). The zero-order valence-corrected chi connectivity index (χ0v) is 22.5. The molecule has 0 aliphatic heterocycles. The second kappa shape index (κ2) is 12.5. The summed E-state index contributed by atoms with van der Waals surface area (Å²) in [6, 6.07) is 5.64. The number of carbonyl (C=O) groups is 1. The van der Waals surface area contributed by atoms with Crippen LogP contribution in [-0.2, 0) is 23.1 Å². The van der Waals surface area contributed by atoms with Crippen molar-refractivity contribution in [3.63, 3.8) is 0 Å². The SMILES string of the molecule is Cc1nc(C(=O)NCc2ccc(F)c(OCCO)c2)cc(-c2nnn(CC3CCC(NS(C)(=O)=O)CC3)n2)n1. The van der Waals surface area contributed by atoms with E-state index in [-0.39, 0.29) is 43.1 Å². The van der Waals surface area contributed by atoms with Crippen LogP contribution in [-0.4, -0.2) is 75.1 Å². The summed E-state index contributed by atoms with van der Waals surface area (Å²) in [6.45, 7) is 2.00. The summed E-state index contributed by atoms with van der Waals surface area (Å²) >= 11 is 0. The second-order valence-electron chi connectivity index (χ2n) is 9.48. The highest BCUT2D eigenvalue weighted by molar-refractivity contribution is 7.88. The van der Waals surface area contributed by atoms with Gasteiger partial charge in [0.05, 0.1) is 19.4 Å². The zero-order chi connectivity index (χ0) is 28.0. The largest absolute Gasteiger partial charge is 0.488 e. The van der Waals surface area contributed by atoms with Crippen molar-refractivity contribution >= 4 is 15.9 Å². The number of hydrogen-bond acceptors (Lipinski definition) is 10. The van der Waals surface area contributed by atoms with E-state index >= 15 is 0 Å². The topological polar surface area (TPSA) is 174 Å². The molecule has 0 spiro atoms. The van der Waals surface area contributed by atoms with Crippen molar-refractivity contribution in [2.24, 2.45) is 5.92 Å². The minimum Gasteiger partial charge on any atom is -0.488 e. The molecule has 1 saturated carbocycles. The third-order valence-electron chi connectivity index (χ3n) is 6.20. The Morgan fingerprint density at radius 2 is 1.97 bits per heavy atom. The third-order valence-corrected chi connectivity index (χ3v) is 6.96. The van der Waals surface area contributed by atoms with Crippen LogP contribution in [0.3, 0.4) is 0 Å². The number of halogens is 1. The summed E-state index contributed by atoms with van der Waals surface area (Å²) < 4.78 is 44.6. The number of nitrogens with zero attached hydrogens (tertiary/aromatic N) is 6. The summed E-state index contributed by atoms with van der Waals surface area (Å²) in [5.74, 6) is -0.135. The molecule has 1 amide bonds. The first-order chi connectivity index (χ1) is 18.6. The maximum Gasteiger partial charge on any atom is 0.270 e. The van der Waals surface area contributed by atoms with Crippen molar-refractivity contribution in [1.29, 1.82) is 0 Å². The van der Waals surface area contributed by atoms with Crippen molar-refractivity contribution in [1.82, 2.24) is 40.2 Å². The molecule has 1 aromatic carbocycles. The van der Waals surface area contributed by atoms with E-state index in [2.05, 4.69) is 35.4 Å². The highest BCUT2D eigenvalue weighted by Crippen LogP contribution is 2.26. The van der Waals surface area contributed by atoms with E-state index in [0.29, 0.717) is 29.5 Å². The summed E-state index contributed by atoms with van der Waals surface area (Å²) in [5, 5.41) is 24.3. The van der Waals surface area contributed by atoms with Gasteiger partial charge in [-0.1, -0.05) is 6.07 Å². The van der Waals surface area contributed by atoms with Crippen LogP contribution < -0.4 is 14.8 Å². The molecule has 1 aliphatic rings. The number of aliphatic hydroxyl groups is 1. The number of benzene rings is 1. The molecule has 0 unspecified atom stereocenters. The lowest BCUT2D eigenvalue weighted by atomic mass is 9.86. The molecule has 39 heavy (non-hydrogen) atoms. The predicted octanol–water partition coefficient (Wildman–Crippen LogP) is 0.987. The van der Waals surface area contributed by atoms with E-state index in [4.69, 9.17) is 9.84 Å². The van der Waals surface area contributed by atoms with Gasteiger partial charge < -0.3 is 15.2 Å². The normalized spacial score (nSPS) is 17.6. The Morgan fingerprint density at radius 3 is 2.69 bits per heavy atom. The van der Waals surface area contributed by atoms with Crippen molar-refractivity contribution in [3.05, 3.63) is 47.2 Å². The Kier molecular flexibility index (Phi) is 9.14. The molecule has 3 aromatic rings. The molecule has 2 heterocycles. The van der Waals surface area contributed by atoms with Crippen LogP contribution in [0.25, 0.3) is 11.5 Å². The van der Waals surface area contributed by atoms with E-state index in [1.165, 1.54) is 35.3 Å². The number of nitrogens with one attached hydrogen (secondary N) is 2. The number of hydrogen-bond donors (Lipinski definition) is 3. The van der Waals surface area contributed by atoms with E-state index in [0.717, 1.165) is 25.7 Å². The van der Waals surface area contributed by atoms with Gasteiger partial charge in [0.1, 0.15) is 23.8 Å². The Morgan fingerprint density at radius 1 is 1.21 bits per heavy atom. The number of aromatic nitrogens is 6. The van der Waals surface area contributed by atoms with Crippen LogP contribution in [0, 0.1) is 18.7 Å². The van der Waals surface area contributed by atoms with Crippen molar-refractivity contribution in [2.45, 2.75) is 51.7 Å². The van der Waals surface area contributed by atoms with Crippen LogP contribution in [0.15, 0.2) is 24.3 Å². The quantitative estimate of drug-likeness (QED) is 0.306. The lowest BCUT2D eigenvalue weighted by Gasteiger charge is -2.27. The molecular formula is C24H31FN8O5S. The molecule has 0 radical (unpaired) electrons. The molecule has 210 valence electrons. The Hall–Kier alpha value is -3.56. The van der Waals surface area contributed by atoms with Crippen LogP contribution in [0.2, 0.25) is 0 Å². The summed E-state index contributed by atoms with van der Waals surface area (Å²) in [4.78, 5) is 22.9. The number of tetrazole rings is 1. The molecule has 0 bridgehead atoms. The van der Waals surface area contributed by atoms with Crippen molar-refractivity contribution in [2.75, 3.05) is 19.5 Å². The van der Waals surface area contributed by atoms with E-state index in [1.807, 2.05) is 0 Å². The van der Waals surface area contributed by atoms with Crippen LogP contribution >= 0.6 is 0 Å². The monoisotopic (exact) mass is 562 g/mol. The number of rotatable bonds is 11. The van der Waals surface area contributed by atoms with Gasteiger partial charge in [0, 0.05) is 12.6 Å². The maximum absolute atomic E-state index is 13.9. The van der Waals surface area contributed by atoms with Gasteiger partial charge in [-0.15, -0.1) is 10.2 Å². The number of ether oxygens (including phenoxy) is 1. The van der Waals surface area contributed by atoms with Gasteiger partial charge >= 0.3 is 0 Å². The van der Waals surface area contributed by atoms with Gasteiger partial charge in [0.2, 0.25) is 15.8 Å². The lowest BCUT2D eigenvalue weighted by Crippen LogP contribution is -2.37.